The number of nitrogens with zero attached hydrogens (tertiary/aromatic N) is 3. The predicted molar refractivity (Wildman–Crippen MR) is 125 cm³/mol. The second kappa shape index (κ2) is 6.92. The Morgan fingerprint density at radius 2 is 1.23 bits per heavy atom. The van der Waals surface area contributed by atoms with Crippen LogP contribution in [0.4, 0.5) is 0 Å². The highest BCUT2D eigenvalue weighted by Gasteiger charge is 2.15. The third-order valence-corrected chi connectivity index (χ3v) is 5.44. The van der Waals surface area contributed by atoms with Crippen LogP contribution in [0, 0.1) is 0 Å². The molecule has 0 saturated heterocycles. The van der Waals surface area contributed by atoms with Gasteiger partial charge in [-0.1, -0.05) is 0 Å². The molecule has 0 radical (unpaired) electrons. The minimum atomic E-state index is 0.911. The number of aromatic amines is 2. The molecule has 8 bridgehead atoms. The van der Waals surface area contributed by atoms with Gasteiger partial charge >= 0.3 is 0 Å². The minimum absolute atomic E-state index is 0.911. The molecule has 5 heteroatoms. The molecule has 2 N–H and O–H groups in total. The van der Waals surface area contributed by atoms with Crippen molar-refractivity contribution in [3.63, 3.8) is 0 Å². The summed E-state index contributed by atoms with van der Waals surface area (Å²) in [6, 6.07) is 18.7. The van der Waals surface area contributed by atoms with E-state index >= 15 is 0 Å². The highest BCUT2D eigenvalue weighted by Crippen LogP contribution is 2.30. The van der Waals surface area contributed by atoms with Crippen molar-refractivity contribution in [2.75, 3.05) is 0 Å². The van der Waals surface area contributed by atoms with Gasteiger partial charge in [0.1, 0.15) is 7.05 Å². The summed E-state index contributed by atoms with van der Waals surface area (Å²) in [6.07, 6.45) is 12.4. The number of rotatable bonds is 1. The summed E-state index contributed by atoms with van der Waals surface area (Å²) in [7, 11) is 2.03. The Bertz CT molecular complexity index is 1460. The van der Waals surface area contributed by atoms with Crippen LogP contribution in [-0.4, -0.2) is 19.9 Å². The molecule has 0 aliphatic carbocycles. The van der Waals surface area contributed by atoms with E-state index in [1.807, 2.05) is 36.0 Å². The van der Waals surface area contributed by atoms with Crippen LogP contribution in [0.3, 0.4) is 0 Å². The molecule has 0 atom stereocenters. The Balaban J connectivity index is 1.72. The van der Waals surface area contributed by atoms with E-state index in [2.05, 4.69) is 76.8 Å². The number of hydrogen-bond donors (Lipinski definition) is 2. The van der Waals surface area contributed by atoms with E-state index in [0.717, 1.165) is 56.0 Å². The van der Waals surface area contributed by atoms with Gasteiger partial charge in [0.2, 0.25) is 0 Å². The van der Waals surface area contributed by atoms with Crippen molar-refractivity contribution in [3.05, 3.63) is 89.8 Å². The van der Waals surface area contributed by atoms with E-state index in [-0.39, 0.29) is 0 Å². The number of hydrogen-bond acceptors (Lipinski definition) is 2. The van der Waals surface area contributed by atoms with Gasteiger partial charge < -0.3 is 9.97 Å². The lowest BCUT2D eigenvalue weighted by molar-refractivity contribution is -0.671. The lowest BCUT2D eigenvalue weighted by atomic mass is 10.0. The summed E-state index contributed by atoms with van der Waals surface area (Å²) in [5.74, 6) is 0. The fourth-order valence-corrected chi connectivity index (χ4v) is 4.04. The number of aryl methyl sites for hydroxylation is 1. The predicted octanol–water partition coefficient (Wildman–Crippen LogP) is 5.15. The molecule has 6 rings (SSSR count). The molecule has 0 amide bonds. The topological polar surface area (TPSA) is 61.2 Å². The minimum Gasteiger partial charge on any atom is -0.355 e. The second-order valence-corrected chi connectivity index (χ2v) is 7.81. The van der Waals surface area contributed by atoms with E-state index in [9.17, 15) is 0 Å². The van der Waals surface area contributed by atoms with Crippen molar-refractivity contribution in [1.29, 1.82) is 0 Å². The molecule has 0 saturated carbocycles. The first-order valence-corrected chi connectivity index (χ1v) is 10.2. The van der Waals surface area contributed by atoms with Gasteiger partial charge in [0, 0.05) is 33.7 Å². The molecule has 4 aromatic heterocycles. The molecule has 4 aromatic rings. The van der Waals surface area contributed by atoms with E-state index < -0.39 is 0 Å². The van der Waals surface area contributed by atoms with Crippen LogP contribution in [0.5, 0.6) is 0 Å². The van der Waals surface area contributed by atoms with Crippen molar-refractivity contribution in [2.24, 2.45) is 7.05 Å². The van der Waals surface area contributed by atoms with E-state index in [1.165, 1.54) is 0 Å². The molecule has 2 aliphatic rings. The van der Waals surface area contributed by atoms with Crippen molar-refractivity contribution in [2.45, 2.75) is 0 Å². The van der Waals surface area contributed by atoms with Gasteiger partial charge in [0.05, 0.1) is 28.3 Å². The number of nitrogens with one attached hydrogen (secondary N) is 2. The summed E-state index contributed by atoms with van der Waals surface area (Å²) in [5, 5.41) is 0. The fourth-order valence-electron chi connectivity index (χ4n) is 4.04. The van der Waals surface area contributed by atoms with Gasteiger partial charge in [-0.15, -0.1) is 0 Å². The Kier molecular flexibility index (Phi) is 3.93. The summed E-state index contributed by atoms with van der Waals surface area (Å²) >= 11 is 0. The van der Waals surface area contributed by atoms with Gasteiger partial charge in [0.25, 0.3) is 0 Å². The van der Waals surface area contributed by atoms with E-state index in [0.29, 0.717) is 0 Å². The average molecular weight is 402 g/mol. The van der Waals surface area contributed by atoms with Crippen molar-refractivity contribution in [3.8, 4) is 11.1 Å². The van der Waals surface area contributed by atoms with Crippen molar-refractivity contribution >= 4 is 46.4 Å². The van der Waals surface area contributed by atoms with Crippen LogP contribution in [0.25, 0.3) is 57.5 Å². The fraction of sp³-hybridized carbons (Fsp3) is 0.0385. The zero-order valence-electron chi connectivity index (χ0n) is 17.0. The third-order valence-electron chi connectivity index (χ3n) is 5.44. The molecule has 5 nitrogen and oxygen atoms in total. The molecule has 0 unspecified atom stereocenters. The molecule has 148 valence electrons. The monoisotopic (exact) mass is 402 g/mol. The smallest absolute Gasteiger partial charge is 0.176 e. The van der Waals surface area contributed by atoms with Crippen molar-refractivity contribution < 1.29 is 4.57 Å². The normalized spacial score (nSPS) is 12.4. The molecular formula is C26H20N5+. The molecule has 0 fully saturated rings. The lowest BCUT2D eigenvalue weighted by Gasteiger charge is -2.03. The van der Waals surface area contributed by atoms with Crippen molar-refractivity contribution in [1.82, 2.24) is 19.9 Å². The number of aromatic nitrogens is 5. The lowest BCUT2D eigenvalue weighted by Crippen LogP contribution is -2.26. The van der Waals surface area contributed by atoms with Gasteiger partial charge in [-0.05, 0) is 72.8 Å². The van der Waals surface area contributed by atoms with Gasteiger partial charge in [-0.3, -0.25) is 0 Å². The third kappa shape index (κ3) is 3.36. The summed E-state index contributed by atoms with van der Waals surface area (Å²) in [4.78, 5) is 16.7. The van der Waals surface area contributed by atoms with Gasteiger partial charge in [-0.25, -0.2) is 14.5 Å². The highest BCUT2D eigenvalue weighted by atomic mass is 14.9. The first-order valence-electron chi connectivity index (χ1n) is 10.2. The Labute approximate surface area is 179 Å². The maximum atomic E-state index is 4.92. The zero-order chi connectivity index (χ0) is 20.8. The van der Waals surface area contributed by atoms with Crippen LogP contribution >= 0.6 is 0 Å². The van der Waals surface area contributed by atoms with Crippen LogP contribution in [0.1, 0.15) is 22.8 Å². The average Bonchev–Trinajstić information content (AvgIpc) is 3.53. The molecule has 0 spiro atoms. The van der Waals surface area contributed by atoms with E-state index in [1.54, 1.807) is 0 Å². The largest absolute Gasteiger partial charge is 0.355 e. The van der Waals surface area contributed by atoms with Gasteiger partial charge in [-0.2, -0.15) is 0 Å². The quantitative estimate of drug-likeness (QED) is 0.374. The first kappa shape index (κ1) is 17.6. The van der Waals surface area contributed by atoms with E-state index in [4.69, 9.17) is 9.97 Å². The SMILES string of the molecule is C[n+]1cccc(-c2c3nc(cc4ccc(cc5ccc(cc6nc2C=C6)[nH]5)[nH]4)C=C3)c1. The Morgan fingerprint density at radius 3 is 1.77 bits per heavy atom. The maximum absolute atomic E-state index is 4.92. The molecule has 2 aliphatic heterocycles. The van der Waals surface area contributed by atoms with Crippen LogP contribution in [0.2, 0.25) is 0 Å². The summed E-state index contributed by atoms with van der Waals surface area (Å²) in [5.41, 5.74) is 9.86. The Morgan fingerprint density at radius 1 is 0.677 bits per heavy atom. The highest BCUT2D eigenvalue weighted by molar-refractivity contribution is 5.88. The van der Waals surface area contributed by atoms with Crippen LogP contribution in [-0.2, 0) is 7.05 Å². The zero-order valence-corrected chi connectivity index (χ0v) is 17.0. The molecule has 0 aromatic carbocycles. The molecule has 31 heavy (non-hydrogen) atoms. The summed E-state index contributed by atoms with van der Waals surface area (Å²) < 4.78 is 2.05. The second-order valence-electron chi connectivity index (χ2n) is 7.81. The molecular weight excluding hydrogens is 382 g/mol. The standard InChI is InChI=1S/C26H20N5/c1-31-12-2-3-17(16-31)26-24-10-8-22(29-24)14-20-6-4-18(27-20)13-19-5-7-21(28-19)15-23-9-11-25(26)30-23/h2-16,27-28H,1H3/q+1. The molecule has 6 heterocycles. The van der Waals surface area contributed by atoms with Crippen LogP contribution in [0.15, 0.2) is 67.0 Å². The van der Waals surface area contributed by atoms with Gasteiger partial charge in [0.15, 0.2) is 12.4 Å². The summed E-state index contributed by atoms with van der Waals surface area (Å²) in [6.45, 7) is 0. The van der Waals surface area contributed by atoms with Crippen LogP contribution < -0.4 is 4.57 Å². The number of H-pyrrole nitrogens is 2. The number of fused-ring (bicyclic) bond motifs is 8. The maximum Gasteiger partial charge on any atom is 0.176 e. The Hall–Kier alpha value is -4.25. The first-order chi connectivity index (χ1) is 15.2. The number of pyridine rings is 1.